The van der Waals surface area contributed by atoms with Crippen molar-refractivity contribution in [1.29, 1.82) is 0 Å². The minimum atomic E-state index is -1.14. The first-order chi connectivity index (χ1) is 13.5. The second-order valence-electron chi connectivity index (χ2n) is 5.83. The number of rotatable bonds is 5. The van der Waals surface area contributed by atoms with E-state index in [1.165, 1.54) is 17.2 Å². The second-order valence-corrected chi connectivity index (χ2v) is 6.22. The Hall–Kier alpha value is -3.39. The minimum Gasteiger partial charge on any atom is -0.462 e. The summed E-state index contributed by atoms with van der Waals surface area (Å²) in [5, 5.41) is 2.55. The highest BCUT2D eigenvalue weighted by atomic mass is 32.1. The van der Waals surface area contributed by atoms with Gasteiger partial charge in [-0.15, -0.1) is 0 Å². The lowest BCUT2D eigenvalue weighted by Gasteiger charge is -2.30. The lowest BCUT2D eigenvalue weighted by atomic mass is 10.1. The Labute approximate surface area is 167 Å². The molecule has 0 saturated carbocycles. The molecule has 2 amide bonds. The number of benzene rings is 2. The van der Waals surface area contributed by atoms with E-state index in [9.17, 15) is 14.4 Å². The van der Waals surface area contributed by atoms with Gasteiger partial charge in [-0.05, 0) is 49.5 Å². The first-order valence-electron chi connectivity index (χ1n) is 8.56. The van der Waals surface area contributed by atoms with Crippen molar-refractivity contribution in [1.82, 2.24) is 5.32 Å². The smallest absolute Gasteiger partial charge is 0.338 e. The Morgan fingerprint density at radius 1 is 1.21 bits per heavy atom. The molecule has 3 rings (SSSR count). The van der Waals surface area contributed by atoms with Crippen molar-refractivity contribution < 1.29 is 19.1 Å². The van der Waals surface area contributed by atoms with Crippen LogP contribution in [0.25, 0.3) is 0 Å². The van der Waals surface area contributed by atoms with Gasteiger partial charge in [-0.25, -0.2) is 4.79 Å². The van der Waals surface area contributed by atoms with Crippen molar-refractivity contribution in [2.45, 2.75) is 6.92 Å². The lowest BCUT2D eigenvalue weighted by Crippen LogP contribution is -2.58. The fourth-order valence-electron chi connectivity index (χ4n) is 2.63. The third-order valence-corrected chi connectivity index (χ3v) is 4.23. The summed E-state index contributed by atoms with van der Waals surface area (Å²) < 4.78 is 4.96. The zero-order valence-electron chi connectivity index (χ0n) is 15.0. The molecule has 1 saturated heterocycles. The normalized spacial score (nSPS) is 17.0. The van der Waals surface area contributed by atoms with Crippen LogP contribution in [0.15, 0.2) is 59.6 Å². The van der Waals surface area contributed by atoms with Crippen LogP contribution in [0.3, 0.4) is 0 Å². The summed E-state index contributed by atoms with van der Waals surface area (Å²) in [4.78, 5) is 42.4. The molecule has 1 aliphatic rings. The summed E-state index contributed by atoms with van der Waals surface area (Å²) in [6.07, 6.45) is 1.25. The van der Waals surface area contributed by atoms with Gasteiger partial charge >= 0.3 is 5.97 Å². The van der Waals surface area contributed by atoms with Crippen molar-refractivity contribution in [3.63, 3.8) is 0 Å². The number of aliphatic imine (C=N–C) groups is 1. The maximum absolute atomic E-state index is 12.8. The fourth-order valence-corrected chi connectivity index (χ4v) is 2.93. The van der Waals surface area contributed by atoms with Crippen LogP contribution < -0.4 is 10.2 Å². The summed E-state index contributed by atoms with van der Waals surface area (Å²) in [7, 11) is 0. The number of anilines is 1. The number of nitrogens with zero attached hydrogens (tertiary/aromatic N) is 2. The van der Waals surface area contributed by atoms with Gasteiger partial charge in [0.2, 0.25) is 5.91 Å². The summed E-state index contributed by atoms with van der Waals surface area (Å²) in [6.45, 7) is 1.98. The highest BCUT2D eigenvalue weighted by molar-refractivity contribution is 7.80. The van der Waals surface area contributed by atoms with Gasteiger partial charge in [-0.2, -0.15) is 0 Å². The third-order valence-electron chi connectivity index (χ3n) is 3.95. The topological polar surface area (TPSA) is 88.1 Å². The Bertz CT molecular complexity index is 959. The van der Waals surface area contributed by atoms with Crippen LogP contribution in [0, 0.1) is 5.92 Å². The predicted molar refractivity (Wildman–Crippen MR) is 109 cm³/mol. The zero-order chi connectivity index (χ0) is 20.1. The summed E-state index contributed by atoms with van der Waals surface area (Å²) >= 11 is 5.14. The van der Waals surface area contributed by atoms with E-state index in [0.29, 0.717) is 16.9 Å². The number of amides is 2. The molecule has 0 aliphatic carbocycles. The quantitative estimate of drug-likeness (QED) is 0.364. The van der Waals surface area contributed by atoms with E-state index in [1.807, 2.05) is 6.07 Å². The molecular formula is C20H17N3O4S. The summed E-state index contributed by atoms with van der Waals surface area (Å²) in [5.74, 6) is -2.65. The number of esters is 1. The van der Waals surface area contributed by atoms with Crippen LogP contribution in [-0.4, -0.2) is 35.7 Å². The lowest BCUT2D eigenvalue weighted by molar-refractivity contribution is -0.130. The van der Waals surface area contributed by atoms with Crippen LogP contribution in [0.2, 0.25) is 0 Å². The first kappa shape index (κ1) is 19.4. The minimum absolute atomic E-state index is 0.0233. The Morgan fingerprint density at radius 3 is 2.68 bits per heavy atom. The third kappa shape index (κ3) is 4.12. The van der Waals surface area contributed by atoms with Crippen molar-refractivity contribution >= 4 is 52.7 Å². The zero-order valence-corrected chi connectivity index (χ0v) is 15.8. The Balaban J connectivity index is 1.84. The van der Waals surface area contributed by atoms with Crippen LogP contribution in [0.1, 0.15) is 17.3 Å². The molecular weight excluding hydrogens is 378 g/mol. The van der Waals surface area contributed by atoms with E-state index in [0.717, 1.165) is 0 Å². The van der Waals surface area contributed by atoms with Gasteiger partial charge in [0.1, 0.15) is 0 Å². The van der Waals surface area contributed by atoms with Gasteiger partial charge < -0.3 is 10.1 Å². The number of para-hydroxylation sites is 1. The number of ether oxygens (including phenoxy) is 1. The van der Waals surface area contributed by atoms with Gasteiger partial charge in [-0.3, -0.25) is 19.5 Å². The fraction of sp³-hybridized carbons (Fsp3) is 0.150. The van der Waals surface area contributed by atoms with E-state index in [1.54, 1.807) is 49.4 Å². The van der Waals surface area contributed by atoms with Crippen molar-refractivity contribution in [2.24, 2.45) is 10.9 Å². The molecule has 0 radical (unpaired) electrons. The van der Waals surface area contributed by atoms with Gasteiger partial charge in [0.25, 0.3) is 5.91 Å². The number of thiocarbonyl (C=S) groups is 1. The maximum Gasteiger partial charge on any atom is 0.338 e. The Morgan fingerprint density at radius 2 is 1.96 bits per heavy atom. The molecule has 28 heavy (non-hydrogen) atoms. The van der Waals surface area contributed by atoms with Crippen LogP contribution in [0.5, 0.6) is 0 Å². The van der Waals surface area contributed by atoms with Gasteiger partial charge in [0.05, 0.1) is 23.5 Å². The van der Waals surface area contributed by atoms with Gasteiger partial charge in [0.15, 0.2) is 11.0 Å². The molecule has 142 valence electrons. The standard InChI is InChI=1S/C20H17N3O4S/c1-2-27-19(26)13-7-6-8-14(11-13)21-12-16-17(24)22-20(28)23(18(16)25)15-9-4-3-5-10-15/h3-12,16H,2H2,1H3,(H,22,24,28)/t16-/m0/s1. The molecule has 2 aromatic rings. The predicted octanol–water partition coefficient (Wildman–Crippen LogP) is 2.63. The average Bonchev–Trinajstić information content (AvgIpc) is 2.69. The van der Waals surface area contributed by atoms with E-state index < -0.39 is 23.7 Å². The average molecular weight is 395 g/mol. The molecule has 8 heteroatoms. The molecule has 2 aromatic carbocycles. The number of carbonyl (C=O) groups is 3. The molecule has 1 heterocycles. The van der Waals surface area contributed by atoms with Crippen LogP contribution in [0.4, 0.5) is 11.4 Å². The van der Waals surface area contributed by atoms with E-state index in [2.05, 4.69) is 10.3 Å². The molecule has 0 unspecified atom stereocenters. The molecule has 1 aliphatic heterocycles. The van der Waals surface area contributed by atoms with Crippen LogP contribution >= 0.6 is 12.2 Å². The van der Waals surface area contributed by atoms with Gasteiger partial charge in [0, 0.05) is 6.21 Å². The van der Waals surface area contributed by atoms with Crippen LogP contribution in [-0.2, 0) is 14.3 Å². The monoisotopic (exact) mass is 395 g/mol. The highest BCUT2D eigenvalue weighted by Gasteiger charge is 2.38. The summed E-state index contributed by atoms with van der Waals surface area (Å²) in [6, 6.07) is 15.2. The van der Waals surface area contributed by atoms with Crippen molar-refractivity contribution in [2.75, 3.05) is 11.5 Å². The summed E-state index contributed by atoms with van der Waals surface area (Å²) in [5.41, 5.74) is 1.31. The van der Waals surface area contributed by atoms with Crippen molar-refractivity contribution in [3.05, 3.63) is 60.2 Å². The first-order valence-corrected chi connectivity index (χ1v) is 8.97. The number of nitrogens with one attached hydrogen (secondary N) is 1. The van der Waals surface area contributed by atoms with Crippen molar-refractivity contribution in [3.8, 4) is 0 Å². The number of hydrogen-bond donors (Lipinski definition) is 1. The molecule has 1 fully saturated rings. The molecule has 1 atom stereocenters. The van der Waals surface area contributed by atoms with E-state index in [-0.39, 0.29) is 11.7 Å². The molecule has 0 bridgehead atoms. The second kappa shape index (κ2) is 8.53. The molecule has 0 aromatic heterocycles. The largest absolute Gasteiger partial charge is 0.462 e. The molecule has 7 nitrogen and oxygen atoms in total. The van der Waals surface area contributed by atoms with E-state index in [4.69, 9.17) is 17.0 Å². The number of carbonyl (C=O) groups excluding carboxylic acids is 3. The highest BCUT2D eigenvalue weighted by Crippen LogP contribution is 2.21. The maximum atomic E-state index is 12.8. The molecule has 0 spiro atoms. The van der Waals surface area contributed by atoms with Gasteiger partial charge in [-0.1, -0.05) is 24.3 Å². The number of hydrogen-bond acceptors (Lipinski definition) is 6. The molecule has 1 N–H and O–H groups in total. The SMILES string of the molecule is CCOC(=O)c1cccc(N=C[C@H]2C(=O)NC(=S)N(c3ccccc3)C2=O)c1. The van der Waals surface area contributed by atoms with E-state index >= 15 is 0 Å². The Kier molecular flexibility index (Phi) is 5.90.